The van der Waals surface area contributed by atoms with Crippen molar-refractivity contribution in [3.05, 3.63) is 24.3 Å². The lowest BCUT2D eigenvalue weighted by atomic mass is 9.83. The predicted molar refractivity (Wildman–Crippen MR) is 81.4 cm³/mol. The van der Waals surface area contributed by atoms with Crippen LogP contribution in [0.5, 0.6) is 0 Å². The molecule has 0 radical (unpaired) electrons. The maximum atomic E-state index is 12.1. The average Bonchev–Trinajstić information content (AvgIpc) is 2.42. The molecule has 1 saturated carbocycles. The standard InChI is InChI=1S/C15H22N2OS/c1-19-14-9-5-4-8-13(14)17-15(18)10-11-6-2-3-7-12(11)16/h4-5,8-9,11-12H,2-3,6-7,10,16H2,1H3,(H,17,18). The van der Waals surface area contributed by atoms with E-state index in [0.29, 0.717) is 12.3 Å². The molecular formula is C15H22N2OS. The van der Waals surface area contributed by atoms with Crippen molar-refractivity contribution >= 4 is 23.4 Å². The first-order valence-electron chi connectivity index (χ1n) is 6.89. The number of nitrogens with two attached hydrogens (primary N) is 1. The number of nitrogens with one attached hydrogen (secondary N) is 1. The fraction of sp³-hybridized carbons (Fsp3) is 0.533. The summed E-state index contributed by atoms with van der Waals surface area (Å²) in [5, 5.41) is 3.01. The second-order valence-corrected chi connectivity index (χ2v) is 6.01. The van der Waals surface area contributed by atoms with Gasteiger partial charge < -0.3 is 11.1 Å². The van der Waals surface area contributed by atoms with E-state index < -0.39 is 0 Å². The molecule has 0 spiro atoms. The smallest absolute Gasteiger partial charge is 0.224 e. The lowest BCUT2D eigenvalue weighted by Crippen LogP contribution is -2.35. The van der Waals surface area contributed by atoms with Gasteiger partial charge in [0.1, 0.15) is 0 Å². The molecule has 1 aliphatic carbocycles. The summed E-state index contributed by atoms with van der Waals surface area (Å²) < 4.78 is 0. The molecule has 1 aliphatic rings. The van der Waals surface area contributed by atoms with Gasteiger partial charge in [-0.25, -0.2) is 0 Å². The molecular weight excluding hydrogens is 256 g/mol. The van der Waals surface area contributed by atoms with Crippen LogP contribution >= 0.6 is 11.8 Å². The summed E-state index contributed by atoms with van der Waals surface area (Å²) in [5.41, 5.74) is 7.00. The number of para-hydroxylation sites is 1. The van der Waals surface area contributed by atoms with Crippen molar-refractivity contribution in [3.63, 3.8) is 0 Å². The van der Waals surface area contributed by atoms with E-state index in [1.807, 2.05) is 30.5 Å². The Morgan fingerprint density at radius 2 is 2.11 bits per heavy atom. The second kappa shape index (κ2) is 6.96. The predicted octanol–water partition coefficient (Wildman–Crippen LogP) is 3.25. The third-order valence-electron chi connectivity index (χ3n) is 3.80. The molecule has 0 aromatic heterocycles. The van der Waals surface area contributed by atoms with Gasteiger partial charge in [-0.3, -0.25) is 4.79 Å². The van der Waals surface area contributed by atoms with Gasteiger partial charge in [0, 0.05) is 17.4 Å². The summed E-state index contributed by atoms with van der Waals surface area (Å²) >= 11 is 1.64. The Kier molecular flexibility index (Phi) is 5.28. The maximum absolute atomic E-state index is 12.1. The van der Waals surface area contributed by atoms with E-state index in [1.165, 1.54) is 12.8 Å². The molecule has 0 heterocycles. The van der Waals surface area contributed by atoms with Crippen LogP contribution < -0.4 is 11.1 Å². The van der Waals surface area contributed by atoms with Gasteiger partial charge in [0.25, 0.3) is 0 Å². The molecule has 0 saturated heterocycles. The Bertz CT molecular complexity index is 436. The van der Waals surface area contributed by atoms with E-state index in [1.54, 1.807) is 11.8 Å². The highest BCUT2D eigenvalue weighted by Crippen LogP contribution is 2.28. The molecule has 1 amide bonds. The van der Waals surface area contributed by atoms with E-state index in [0.717, 1.165) is 23.4 Å². The molecule has 4 heteroatoms. The molecule has 19 heavy (non-hydrogen) atoms. The average molecular weight is 278 g/mol. The first-order valence-corrected chi connectivity index (χ1v) is 8.11. The first kappa shape index (κ1) is 14.4. The highest BCUT2D eigenvalue weighted by molar-refractivity contribution is 7.98. The van der Waals surface area contributed by atoms with Crippen LogP contribution in [0.2, 0.25) is 0 Å². The van der Waals surface area contributed by atoms with Gasteiger partial charge in [-0.05, 0) is 37.1 Å². The summed E-state index contributed by atoms with van der Waals surface area (Å²) in [7, 11) is 0. The molecule has 3 N–H and O–H groups in total. The minimum absolute atomic E-state index is 0.0869. The molecule has 0 aliphatic heterocycles. The third-order valence-corrected chi connectivity index (χ3v) is 4.59. The Hall–Kier alpha value is -1.00. The number of hydrogen-bond acceptors (Lipinski definition) is 3. The molecule has 104 valence electrons. The van der Waals surface area contributed by atoms with Crippen LogP contribution in [-0.4, -0.2) is 18.2 Å². The number of anilines is 1. The van der Waals surface area contributed by atoms with Gasteiger partial charge in [-0.2, -0.15) is 0 Å². The number of hydrogen-bond donors (Lipinski definition) is 2. The van der Waals surface area contributed by atoms with E-state index >= 15 is 0 Å². The number of carbonyl (C=O) groups excluding carboxylic acids is 1. The van der Waals surface area contributed by atoms with Crippen molar-refractivity contribution < 1.29 is 4.79 Å². The zero-order chi connectivity index (χ0) is 13.7. The summed E-state index contributed by atoms with van der Waals surface area (Å²) in [4.78, 5) is 13.2. The number of benzene rings is 1. The Balaban J connectivity index is 1.93. The minimum Gasteiger partial charge on any atom is -0.327 e. The molecule has 3 nitrogen and oxygen atoms in total. The van der Waals surface area contributed by atoms with Crippen molar-refractivity contribution in [1.29, 1.82) is 0 Å². The van der Waals surface area contributed by atoms with Crippen LogP contribution in [-0.2, 0) is 4.79 Å². The van der Waals surface area contributed by atoms with Crippen molar-refractivity contribution in [2.24, 2.45) is 11.7 Å². The van der Waals surface area contributed by atoms with E-state index in [2.05, 4.69) is 5.32 Å². The second-order valence-electron chi connectivity index (χ2n) is 5.16. The largest absolute Gasteiger partial charge is 0.327 e. The quantitative estimate of drug-likeness (QED) is 0.831. The van der Waals surface area contributed by atoms with Crippen molar-refractivity contribution in [3.8, 4) is 0 Å². The summed E-state index contributed by atoms with van der Waals surface area (Å²) in [5.74, 6) is 0.430. The molecule has 1 aromatic carbocycles. The van der Waals surface area contributed by atoms with Gasteiger partial charge in [-0.1, -0.05) is 25.0 Å². The molecule has 2 rings (SSSR count). The lowest BCUT2D eigenvalue weighted by molar-refractivity contribution is -0.117. The van der Waals surface area contributed by atoms with E-state index in [9.17, 15) is 4.79 Å². The van der Waals surface area contributed by atoms with Crippen LogP contribution in [0.1, 0.15) is 32.1 Å². The molecule has 2 unspecified atom stereocenters. The van der Waals surface area contributed by atoms with Crippen molar-refractivity contribution in [2.75, 3.05) is 11.6 Å². The monoisotopic (exact) mass is 278 g/mol. The van der Waals surface area contributed by atoms with Crippen LogP contribution in [0, 0.1) is 5.92 Å². The number of carbonyl (C=O) groups is 1. The van der Waals surface area contributed by atoms with Gasteiger partial charge in [0.15, 0.2) is 0 Å². The minimum atomic E-state index is 0.0869. The zero-order valence-corrected chi connectivity index (χ0v) is 12.2. The summed E-state index contributed by atoms with van der Waals surface area (Å²) in [6, 6.07) is 8.09. The zero-order valence-electron chi connectivity index (χ0n) is 11.4. The number of thioether (sulfide) groups is 1. The molecule has 2 atom stereocenters. The van der Waals surface area contributed by atoms with Gasteiger partial charge in [-0.15, -0.1) is 11.8 Å². The van der Waals surface area contributed by atoms with Crippen LogP contribution in [0.15, 0.2) is 29.2 Å². The Labute approximate surface area is 119 Å². The fourth-order valence-electron chi connectivity index (χ4n) is 2.68. The van der Waals surface area contributed by atoms with E-state index in [-0.39, 0.29) is 11.9 Å². The SMILES string of the molecule is CSc1ccccc1NC(=O)CC1CCCCC1N. The Morgan fingerprint density at radius 1 is 1.37 bits per heavy atom. The molecule has 1 fully saturated rings. The van der Waals surface area contributed by atoms with Crippen LogP contribution in [0.25, 0.3) is 0 Å². The number of amides is 1. The topological polar surface area (TPSA) is 55.1 Å². The lowest BCUT2D eigenvalue weighted by Gasteiger charge is -2.28. The normalized spacial score (nSPS) is 23.1. The van der Waals surface area contributed by atoms with Crippen LogP contribution in [0.3, 0.4) is 0 Å². The molecule has 1 aromatic rings. The number of rotatable bonds is 4. The van der Waals surface area contributed by atoms with E-state index in [4.69, 9.17) is 5.73 Å². The summed E-state index contributed by atoms with van der Waals surface area (Å²) in [6.07, 6.45) is 7.10. The third kappa shape index (κ3) is 3.98. The highest BCUT2D eigenvalue weighted by Gasteiger charge is 2.24. The highest BCUT2D eigenvalue weighted by atomic mass is 32.2. The molecule has 0 bridgehead atoms. The van der Waals surface area contributed by atoms with Crippen molar-refractivity contribution in [1.82, 2.24) is 0 Å². The maximum Gasteiger partial charge on any atom is 0.224 e. The fourth-order valence-corrected chi connectivity index (χ4v) is 3.23. The van der Waals surface area contributed by atoms with Gasteiger partial charge >= 0.3 is 0 Å². The van der Waals surface area contributed by atoms with Gasteiger partial charge in [0.05, 0.1) is 5.69 Å². The first-order chi connectivity index (χ1) is 9.20. The Morgan fingerprint density at radius 3 is 2.84 bits per heavy atom. The van der Waals surface area contributed by atoms with Crippen molar-refractivity contribution in [2.45, 2.75) is 43.0 Å². The van der Waals surface area contributed by atoms with Gasteiger partial charge in [0.2, 0.25) is 5.91 Å². The summed E-state index contributed by atoms with van der Waals surface area (Å²) in [6.45, 7) is 0. The van der Waals surface area contributed by atoms with Crippen LogP contribution in [0.4, 0.5) is 5.69 Å².